The summed E-state index contributed by atoms with van der Waals surface area (Å²) in [5, 5.41) is 0. The van der Waals surface area contributed by atoms with Gasteiger partial charge in [-0.1, -0.05) is 34.6 Å². The number of carbonyl (C=O) groups excluding carboxylic acids is 1. The third-order valence-corrected chi connectivity index (χ3v) is 5.69. The zero-order valence-corrected chi connectivity index (χ0v) is 14.5. The number of likely N-dealkylation sites (N-methyl/N-ethyl adjacent to an activating group) is 1. The Balaban J connectivity index is 2.93. The van der Waals surface area contributed by atoms with Crippen LogP contribution in [0.5, 0.6) is 0 Å². The van der Waals surface area contributed by atoms with Gasteiger partial charge in [-0.2, -0.15) is 0 Å². The maximum Gasteiger partial charge on any atom is 0.158 e. The fourth-order valence-electron chi connectivity index (χ4n) is 3.13. The minimum Gasteiger partial charge on any atom is -0.297 e. The molecular weight excluding hydrogens is 266 g/mol. The molecule has 0 aromatic carbocycles. The van der Waals surface area contributed by atoms with Crippen molar-refractivity contribution in [2.24, 2.45) is 0 Å². The van der Waals surface area contributed by atoms with E-state index in [0.717, 1.165) is 32.4 Å². The molecule has 2 nitrogen and oxygen atoms in total. The molecule has 0 aliphatic heterocycles. The van der Waals surface area contributed by atoms with E-state index in [-0.39, 0.29) is 5.54 Å². The lowest BCUT2D eigenvalue weighted by molar-refractivity contribution is -0.131. The molecule has 0 spiro atoms. The topological polar surface area (TPSA) is 20.3 Å². The quantitative estimate of drug-likeness (QED) is 0.676. The minimum atomic E-state index is -0.278. The van der Waals surface area contributed by atoms with Crippen LogP contribution in [0.2, 0.25) is 0 Å². The van der Waals surface area contributed by atoms with Crippen LogP contribution in [0, 0.1) is 0 Å². The fraction of sp³-hybridized carbons (Fsp3) is 0.706. The molecule has 20 heavy (non-hydrogen) atoms. The molecule has 1 aromatic rings. The molecule has 0 fully saturated rings. The Kier molecular flexibility index (Phi) is 6.90. The Morgan fingerprint density at radius 1 is 1.05 bits per heavy atom. The summed E-state index contributed by atoms with van der Waals surface area (Å²) in [4.78, 5) is 17.8. The molecule has 0 aliphatic rings. The van der Waals surface area contributed by atoms with Gasteiger partial charge in [0.1, 0.15) is 0 Å². The van der Waals surface area contributed by atoms with Crippen molar-refractivity contribution in [2.45, 2.75) is 65.8 Å². The van der Waals surface area contributed by atoms with E-state index in [1.807, 2.05) is 0 Å². The fourth-order valence-corrected chi connectivity index (χ4v) is 4.08. The normalized spacial score (nSPS) is 12.1. The standard InChI is InChI=1S/C17H29NOS/c1-6-14-11-12-15(20-14)13-16(19)17(7-2,8-3)18(9-4)10-5/h11-12H,6-10,13H2,1-5H3. The lowest BCUT2D eigenvalue weighted by atomic mass is 9.84. The van der Waals surface area contributed by atoms with Crippen molar-refractivity contribution in [2.75, 3.05) is 13.1 Å². The molecule has 1 heterocycles. The molecule has 0 amide bonds. The van der Waals surface area contributed by atoms with Crippen LogP contribution in [-0.4, -0.2) is 29.3 Å². The summed E-state index contributed by atoms with van der Waals surface area (Å²) < 4.78 is 0. The van der Waals surface area contributed by atoms with Crippen LogP contribution in [0.15, 0.2) is 12.1 Å². The summed E-state index contributed by atoms with van der Waals surface area (Å²) in [7, 11) is 0. The Hall–Kier alpha value is -0.670. The van der Waals surface area contributed by atoms with Crippen molar-refractivity contribution in [3.05, 3.63) is 21.9 Å². The van der Waals surface area contributed by atoms with Crippen LogP contribution in [0.1, 0.15) is 57.2 Å². The molecule has 0 saturated heterocycles. The average molecular weight is 295 g/mol. The molecular formula is C17H29NOS. The highest BCUT2D eigenvalue weighted by Gasteiger charge is 2.38. The Labute approximate surface area is 128 Å². The van der Waals surface area contributed by atoms with Gasteiger partial charge in [0.25, 0.3) is 0 Å². The summed E-state index contributed by atoms with van der Waals surface area (Å²) in [6, 6.07) is 4.28. The molecule has 0 atom stereocenters. The highest BCUT2D eigenvalue weighted by Crippen LogP contribution is 2.28. The van der Waals surface area contributed by atoms with Crippen LogP contribution in [0.3, 0.4) is 0 Å². The van der Waals surface area contributed by atoms with Gasteiger partial charge in [0.2, 0.25) is 0 Å². The SMILES string of the molecule is CCc1ccc(CC(=O)C(CC)(CC)N(CC)CC)s1. The predicted molar refractivity (Wildman–Crippen MR) is 88.6 cm³/mol. The van der Waals surface area contributed by atoms with Gasteiger partial charge in [0.15, 0.2) is 5.78 Å². The van der Waals surface area contributed by atoms with Gasteiger partial charge < -0.3 is 0 Å². The molecule has 0 unspecified atom stereocenters. The summed E-state index contributed by atoms with van der Waals surface area (Å²) in [6.07, 6.45) is 3.44. The first kappa shape index (κ1) is 17.4. The summed E-state index contributed by atoms with van der Waals surface area (Å²) >= 11 is 1.79. The van der Waals surface area contributed by atoms with Gasteiger partial charge in [-0.25, -0.2) is 0 Å². The van der Waals surface area contributed by atoms with E-state index in [1.54, 1.807) is 11.3 Å². The van der Waals surface area contributed by atoms with E-state index in [0.29, 0.717) is 12.2 Å². The number of carbonyl (C=O) groups is 1. The molecule has 0 saturated carbocycles. The van der Waals surface area contributed by atoms with Crippen molar-refractivity contribution >= 4 is 17.1 Å². The maximum absolute atomic E-state index is 12.9. The Bertz CT molecular complexity index is 416. The number of Topliss-reactive ketones (excluding diaryl/α,β-unsaturated/α-hetero) is 1. The Morgan fingerprint density at radius 2 is 1.60 bits per heavy atom. The van der Waals surface area contributed by atoms with Crippen molar-refractivity contribution in [1.29, 1.82) is 0 Å². The number of rotatable bonds is 9. The van der Waals surface area contributed by atoms with Crippen molar-refractivity contribution < 1.29 is 4.79 Å². The molecule has 114 valence electrons. The van der Waals surface area contributed by atoms with E-state index in [9.17, 15) is 4.79 Å². The predicted octanol–water partition coefficient (Wildman–Crippen LogP) is 4.32. The van der Waals surface area contributed by atoms with Crippen LogP contribution in [0.25, 0.3) is 0 Å². The smallest absolute Gasteiger partial charge is 0.158 e. The number of ketones is 1. The lowest BCUT2D eigenvalue weighted by Gasteiger charge is -2.41. The van der Waals surface area contributed by atoms with Crippen molar-refractivity contribution in [1.82, 2.24) is 4.90 Å². The average Bonchev–Trinajstić information content (AvgIpc) is 2.92. The number of hydrogen-bond donors (Lipinski definition) is 0. The summed E-state index contributed by atoms with van der Waals surface area (Å²) in [5.41, 5.74) is -0.278. The second kappa shape index (κ2) is 7.94. The monoisotopic (exact) mass is 295 g/mol. The lowest BCUT2D eigenvalue weighted by Crippen LogP contribution is -2.54. The van der Waals surface area contributed by atoms with Gasteiger partial charge >= 0.3 is 0 Å². The van der Waals surface area contributed by atoms with Gasteiger partial charge in [0.05, 0.1) is 5.54 Å². The van der Waals surface area contributed by atoms with Gasteiger partial charge in [0, 0.05) is 16.2 Å². The number of aryl methyl sites for hydroxylation is 1. The Morgan fingerprint density at radius 3 is 2.00 bits per heavy atom. The van der Waals surface area contributed by atoms with Crippen LogP contribution in [-0.2, 0) is 17.6 Å². The first-order valence-corrected chi connectivity index (χ1v) is 8.75. The minimum absolute atomic E-state index is 0.278. The molecule has 0 bridgehead atoms. The molecule has 0 radical (unpaired) electrons. The van der Waals surface area contributed by atoms with E-state index in [1.165, 1.54) is 9.75 Å². The van der Waals surface area contributed by atoms with Crippen LogP contribution >= 0.6 is 11.3 Å². The third-order valence-electron chi connectivity index (χ3n) is 4.46. The largest absolute Gasteiger partial charge is 0.297 e. The van der Waals surface area contributed by atoms with Gasteiger partial charge in [-0.15, -0.1) is 11.3 Å². The molecule has 0 N–H and O–H groups in total. The third kappa shape index (κ3) is 3.50. The van der Waals surface area contributed by atoms with E-state index >= 15 is 0 Å². The van der Waals surface area contributed by atoms with Crippen molar-refractivity contribution in [3.63, 3.8) is 0 Å². The van der Waals surface area contributed by atoms with Crippen molar-refractivity contribution in [3.8, 4) is 0 Å². The second-order valence-corrected chi connectivity index (χ2v) is 6.49. The van der Waals surface area contributed by atoms with Crippen LogP contribution < -0.4 is 0 Å². The summed E-state index contributed by atoms with van der Waals surface area (Å²) in [6.45, 7) is 12.6. The molecule has 1 rings (SSSR count). The molecule has 1 aromatic heterocycles. The highest BCUT2D eigenvalue weighted by atomic mass is 32.1. The number of nitrogens with zero attached hydrogens (tertiary/aromatic N) is 1. The first-order chi connectivity index (χ1) is 9.57. The number of thiophene rings is 1. The zero-order chi connectivity index (χ0) is 15.2. The van der Waals surface area contributed by atoms with E-state index in [2.05, 4.69) is 51.7 Å². The highest BCUT2D eigenvalue weighted by molar-refractivity contribution is 7.12. The zero-order valence-electron chi connectivity index (χ0n) is 13.7. The maximum atomic E-state index is 12.9. The van der Waals surface area contributed by atoms with E-state index < -0.39 is 0 Å². The first-order valence-electron chi connectivity index (χ1n) is 7.93. The van der Waals surface area contributed by atoms with Gasteiger partial charge in [-0.05, 0) is 44.5 Å². The second-order valence-electron chi connectivity index (χ2n) is 5.23. The summed E-state index contributed by atoms with van der Waals surface area (Å²) in [5.74, 6) is 0.385. The number of hydrogen-bond acceptors (Lipinski definition) is 3. The van der Waals surface area contributed by atoms with E-state index in [4.69, 9.17) is 0 Å². The van der Waals surface area contributed by atoms with Crippen LogP contribution in [0.4, 0.5) is 0 Å². The molecule has 3 heteroatoms. The van der Waals surface area contributed by atoms with Gasteiger partial charge in [-0.3, -0.25) is 9.69 Å². The molecule has 0 aliphatic carbocycles.